The fraction of sp³-hybridized carbons (Fsp3) is 0.650. The molecule has 27 heavy (non-hydrogen) atoms. The molecule has 2 N–H and O–H groups in total. The molecule has 1 aromatic rings. The van der Waals surface area contributed by atoms with Crippen LogP contribution in [0, 0.1) is 0 Å². The minimum atomic E-state index is 0. The summed E-state index contributed by atoms with van der Waals surface area (Å²) in [7, 11) is 3.48. The Morgan fingerprint density at radius 1 is 1.33 bits per heavy atom. The van der Waals surface area contributed by atoms with E-state index < -0.39 is 0 Å². The van der Waals surface area contributed by atoms with Gasteiger partial charge in [-0.15, -0.1) is 24.0 Å². The van der Waals surface area contributed by atoms with Crippen LogP contribution in [0.2, 0.25) is 0 Å². The van der Waals surface area contributed by atoms with Gasteiger partial charge in [0.1, 0.15) is 17.6 Å². The first kappa shape index (κ1) is 22.1. The van der Waals surface area contributed by atoms with Gasteiger partial charge in [-0.1, -0.05) is 6.07 Å². The quantitative estimate of drug-likeness (QED) is 0.351. The lowest BCUT2D eigenvalue weighted by Gasteiger charge is -2.21. The van der Waals surface area contributed by atoms with Crippen LogP contribution in [0.3, 0.4) is 0 Å². The molecule has 0 aromatic heterocycles. The monoisotopic (exact) mass is 488 g/mol. The molecule has 1 saturated heterocycles. The predicted molar refractivity (Wildman–Crippen MR) is 121 cm³/mol. The zero-order valence-electron chi connectivity index (χ0n) is 16.8. The minimum Gasteiger partial charge on any atom is -0.497 e. The first-order valence-corrected chi connectivity index (χ1v) is 9.62. The number of nitrogens with zero attached hydrogens (tertiary/aromatic N) is 2. The maximum Gasteiger partial charge on any atom is 0.191 e. The van der Waals surface area contributed by atoms with E-state index >= 15 is 0 Å². The molecule has 3 unspecified atom stereocenters. The van der Waals surface area contributed by atoms with Crippen LogP contribution >= 0.6 is 24.0 Å². The Morgan fingerprint density at radius 2 is 2.07 bits per heavy atom. The number of nitrogens with one attached hydrogen (secondary N) is 2. The molecule has 152 valence electrons. The van der Waals surface area contributed by atoms with Gasteiger partial charge in [-0.3, -0.25) is 9.89 Å². The van der Waals surface area contributed by atoms with Gasteiger partial charge in [-0.25, -0.2) is 0 Å². The third-order valence-electron chi connectivity index (χ3n) is 5.14. The topological polar surface area (TPSA) is 58.1 Å². The molecule has 1 aliphatic heterocycles. The smallest absolute Gasteiger partial charge is 0.191 e. The summed E-state index contributed by atoms with van der Waals surface area (Å²) in [6, 6.07) is 9.63. The molecule has 2 aliphatic rings. The van der Waals surface area contributed by atoms with Crippen molar-refractivity contribution in [3.63, 3.8) is 0 Å². The SMILES string of the molecule is CN=C(NCC(C)Oc1cccc(OC)c1)NC1CC(C)N(C2CC2)C1.I. The molecule has 0 radical (unpaired) electrons. The number of guanidine groups is 1. The second-order valence-corrected chi connectivity index (χ2v) is 7.41. The number of benzene rings is 1. The van der Waals surface area contributed by atoms with E-state index in [1.165, 1.54) is 19.3 Å². The molecule has 1 aromatic carbocycles. The number of hydrogen-bond acceptors (Lipinski definition) is 4. The molecule has 3 rings (SSSR count). The van der Waals surface area contributed by atoms with E-state index in [0.29, 0.717) is 18.6 Å². The van der Waals surface area contributed by atoms with Crippen molar-refractivity contribution < 1.29 is 9.47 Å². The van der Waals surface area contributed by atoms with Gasteiger partial charge in [0.2, 0.25) is 0 Å². The highest BCUT2D eigenvalue weighted by Crippen LogP contribution is 2.33. The summed E-state index contributed by atoms with van der Waals surface area (Å²) < 4.78 is 11.2. The molecule has 0 amide bonds. The summed E-state index contributed by atoms with van der Waals surface area (Å²) in [5, 5.41) is 6.95. The van der Waals surface area contributed by atoms with Gasteiger partial charge < -0.3 is 20.1 Å². The number of halogens is 1. The number of methoxy groups -OCH3 is 1. The van der Waals surface area contributed by atoms with E-state index in [4.69, 9.17) is 9.47 Å². The van der Waals surface area contributed by atoms with E-state index in [2.05, 4.69) is 27.4 Å². The van der Waals surface area contributed by atoms with Crippen molar-refractivity contribution in [2.45, 2.75) is 57.3 Å². The molecule has 0 bridgehead atoms. The van der Waals surface area contributed by atoms with E-state index in [-0.39, 0.29) is 30.1 Å². The van der Waals surface area contributed by atoms with Crippen molar-refractivity contribution in [3.05, 3.63) is 24.3 Å². The molecule has 7 heteroatoms. The zero-order valence-corrected chi connectivity index (χ0v) is 19.1. The number of likely N-dealkylation sites (tertiary alicyclic amines) is 1. The summed E-state index contributed by atoms with van der Waals surface area (Å²) in [6.07, 6.45) is 3.92. The van der Waals surface area contributed by atoms with E-state index in [1.807, 2.05) is 38.2 Å². The summed E-state index contributed by atoms with van der Waals surface area (Å²) in [6.45, 7) is 6.18. The summed E-state index contributed by atoms with van der Waals surface area (Å²) in [5.74, 6) is 2.46. The Balaban J connectivity index is 0.00000261. The van der Waals surface area contributed by atoms with Crippen molar-refractivity contribution in [3.8, 4) is 11.5 Å². The fourth-order valence-electron chi connectivity index (χ4n) is 3.65. The Morgan fingerprint density at radius 3 is 2.74 bits per heavy atom. The summed E-state index contributed by atoms with van der Waals surface area (Å²) in [4.78, 5) is 7.01. The van der Waals surface area contributed by atoms with Crippen molar-refractivity contribution in [1.29, 1.82) is 0 Å². The fourth-order valence-corrected chi connectivity index (χ4v) is 3.65. The Kier molecular flexibility index (Phi) is 8.47. The third-order valence-corrected chi connectivity index (χ3v) is 5.14. The van der Waals surface area contributed by atoms with Crippen LogP contribution in [0.4, 0.5) is 0 Å². The highest BCUT2D eigenvalue weighted by atomic mass is 127. The van der Waals surface area contributed by atoms with Crippen molar-refractivity contribution >= 4 is 29.9 Å². The van der Waals surface area contributed by atoms with Gasteiger partial charge in [-0.2, -0.15) is 0 Å². The highest BCUT2D eigenvalue weighted by Gasteiger charge is 2.38. The van der Waals surface area contributed by atoms with Crippen molar-refractivity contribution in [2.24, 2.45) is 4.99 Å². The van der Waals surface area contributed by atoms with Crippen LogP contribution in [0.15, 0.2) is 29.3 Å². The molecular formula is C20H33IN4O2. The standard InChI is InChI=1S/C20H32N4O2.HI/c1-14-10-16(13-24(14)17-8-9-17)23-20(21-3)22-12-15(2)26-19-7-5-6-18(11-19)25-4;/h5-7,11,14-17H,8-10,12-13H2,1-4H3,(H2,21,22,23);1H. The van der Waals surface area contributed by atoms with Crippen LogP contribution < -0.4 is 20.1 Å². The second-order valence-electron chi connectivity index (χ2n) is 7.41. The van der Waals surface area contributed by atoms with Crippen LogP contribution in [0.25, 0.3) is 0 Å². The lowest BCUT2D eigenvalue weighted by Crippen LogP contribution is -2.47. The zero-order chi connectivity index (χ0) is 18.5. The van der Waals surface area contributed by atoms with E-state index in [9.17, 15) is 0 Å². The Bertz CT molecular complexity index is 624. The number of rotatable bonds is 7. The van der Waals surface area contributed by atoms with Crippen LogP contribution in [0.1, 0.15) is 33.1 Å². The minimum absolute atomic E-state index is 0. The van der Waals surface area contributed by atoms with Gasteiger partial charge in [0.25, 0.3) is 0 Å². The molecular weight excluding hydrogens is 455 g/mol. The van der Waals surface area contributed by atoms with Crippen molar-refractivity contribution in [1.82, 2.24) is 15.5 Å². The first-order valence-electron chi connectivity index (χ1n) is 9.62. The summed E-state index contributed by atoms with van der Waals surface area (Å²) >= 11 is 0. The van der Waals surface area contributed by atoms with E-state index in [1.54, 1.807) is 7.11 Å². The van der Waals surface area contributed by atoms with Crippen LogP contribution in [0.5, 0.6) is 11.5 Å². The van der Waals surface area contributed by atoms with Gasteiger partial charge in [0.05, 0.1) is 13.7 Å². The molecule has 6 nitrogen and oxygen atoms in total. The molecule has 0 spiro atoms. The molecule has 3 atom stereocenters. The van der Waals surface area contributed by atoms with Gasteiger partial charge in [0.15, 0.2) is 5.96 Å². The number of aliphatic imine (C=N–C) groups is 1. The maximum absolute atomic E-state index is 5.96. The van der Waals surface area contributed by atoms with Gasteiger partial charge in [-0.05, 0) is 45.2 Å². The molecule has 1 saturated carbocycles. The summed E-state index contributed by atoms with van der Waals surface area (Å²) in [5.41, 5.74) is 0. The largest absolute Gasteiger partial charge is 0.497 e. The number of ether oxygens (including phenoxy) is 2. The normalized spacial score (nSPS) is 24.1. The average molecular weight is 488 g/mol. The van der Waals surface area contributed by atoms with E-state index in [0.717, 1.165) is 30.0 Å². The van der Waals surface area contributed by atoms with Gasteiger partial charge >= 0.3 is 0 Å². The highest BCUT2D eigenvalue weighted by molar-refractivity contribution is 14.0. The predicted octanol–water partition coefficient (Wildman–Crippen LogP) is 2.87. The molecule has 1 heterocycles. The average Bonchev–Trinajstić information content (AvgIpc) is 3.41. The lowest BCUT2D eigenvalue weighted by atomic mass is 10.2. The van der Waals surface area contributed by atoms with Gasteiger partial charge in [0, 0.05) is 37.8 Å². The van der Waals surface area contributed by atoms with Crippen molar-refractivity contribution in [2.75, 3.05) is 27.2 Å². The number of hydrogen-bond donors (Lipinski definition) is 2. The lowest BCUT2D eigenvalue weighted by molar-refractivity contribution is 0.222. The van der Waals surface area contributed by atoms with Crippen LogP contribution in [-0.4, -0.2) is 62.3 Å². The Labute approximate surface area is 180 Å². The second kappa shape index (κ2) is 10.4. The Hall–Kier alpha value is -1.22. The molecule has 1 aliphatic carbocycles. The third kappa shape index (κ3) is 6.41. The first-order chi connectivity index (χ1) is 12.6. The maximum atomic E-state index is 5.96. The van der Waals surface area contributed by atoms with Crippen LogP contribution in [-0.2, 0) is 0 Å². The molecule has 2 fully saturated rings.